The predicted octanol–water partition coefficient (Wildman–Crippen LogP) is 3.48. The minimum Gasteiger partial charge on any atom is -0.383 e. The molecular formula is C17H18N4. The molecule has 0 radical (unpaired) electrons. The number of hydrogen-bond donors (Lipinski definition) is 2. The predicted molar refractivity (Wildman–Crippen MR) is 86.2 cm³/mol. The van der Waals surface area contributed by atoms with Crippen LogP contribution in [0.3, 0.4) is 0 Å². The molecule has 2 aromatic heterocycles. The second-order valence-electron chi connectivity index (χ2n) is 4.67. The van der Waals surface area contributed by atoms with Gasteiger partial charge in [0.25, 0.3) is 0 Å². The van der Waals surface area contributed by atoms with Crippen molar-refractivity contribution in [2.45, 2.75) is 6.42 Å². The van der Waals surface area contributed by atoms with E-state index in [0.717, 1.165) is 23.1 Å². The van der Waals surface area contributed by atoms with Crippen molar-refractivity contribution < 1.29 is 0 Å². The molecule has 0 spiro atoms. The van der Waals surface area contributed by atoms with Crippen LogP contribution < -0.4 is 11.9 Å². The van der Waals surface area contributed by atoms with Gasteiger partial charge in [0.2, 0.25) is 0 Å². The quantitative estimate of drug-likeness (QED) is 0.767. The number of nitrogens with two attached hydrogens (primary N) is 1. The molecule has 0 bridgehead atoms. The van der Waals surface area contributed by atoms with Crippen molar-refractivity contribution in [3.8, 4) is 11.1 Å². The Morgan fingerprint density at radius 3 is 2.48 bits per heavy atom. The highest BCUT2D eigenvalue weighted by Crippen LogP contribution is 2.21. The van der Waals surface area contributed by atoms with Gasteiger partial charge in [0.15, 0.2) is 0 Å². The molecule has 0 aliphatic rings. The van der Waals surface area contributed by atoms with Crippen molar-refractivity contribution in [3.05, 3.63) is 78.2 Å². The maximum absolute atomic E-state index is 5.90. The van der Waals surface area contributed by atoms with E-state index >= 15 is 0 Å². The number of rotatable bonds is 3. The van der Waals surface area contributed by atoms with E-state index < -0.39 is 0 Å². The van der Waals surface area contributed by atoms with Crippen LogP contribution in [0.15, 0.2) is 67.1 Å². The largest absolute Gasteiger partial charge is 0.383 e. The number of anilines is 1. The maximum atomic E-state index is 5.90. The van der Waals surface area contributed by atoms with Gasteiger partial charge in [0.1, 0.15) is 5.82 Å². The molecule has 0 unspecified atom stereocenters. The van der Waals surface area contributed by atoms with Crippen LogP contribution in [0.5, 0.6) is 0 Å². The minimum atomic E-state index is 0. The van der Waals surface area contributed by atoms with Gasteiger partial charge in [-0.25, -0.2) is 4.98 Å². The standard InChI is InChI=1S/C17H15N3.H3N/c18-17-15(6-3-9-20-17)11-13-4-1-5-14(10-13)16-7-2-8-19-12-16;/h1-10,12H,11H2,(H2,18,20);1H3. The summed E-state index contributed by atoms with van der Waals surface area (Å²) in [6, 6.07) is 16.4. The van der Waals surface area contributed by atoms with Crippen molar-refractivity contribution in [3.63, 3.8) is 0 Å². The Labute approximate surface area is 124 Å². The summed E-state index contributed by atoms with van der Waals surface area (Å²) >= 11 is 0. The van der Waals surface area contributed by atoms with E-state index in [1.807, 2.05) is 24.4 Å². The number of aromatic nitrogens is 2. The fourth-order valence-electron chi connectivity index (χ4n) is 2.21. The Bertz CT molecular complexity index is 711. The van der Waals surface area contributed by atoms with Crippen LogP contribution in [0, 0.1) is 0 Å². The summed E-state index contributed by atoms with van der Waals surface area (Å²) in [6.07, 6.45) is 6.15. The van der Waals surface area contributed by atoms with Gasteiger partial charge in [-0.2, -0.15) is 0 Å². The van der Waals surface area contributed by atoms with Gasteiger partial charge in [-0.15, -0.1) is 0 Å². The summed E-state index contributed by atoms with van der Waals surface area (Å²) < 4.78 is 0. The number of hydrogen-bond acceptors (Lipinski definition) is 4. The van der Waals surface area contributed by atoms with Crippen LogP contribution >= 0.6 is 0 Å². The molecule has 0 saturated carbocycles. The van der Waals surface area contributed by atoms with Crippen LogP contribution in [0.2, 0.25) is 0 Å². The third-order valence-corrected chi connectivity index (χ3v) is 3.24. The second kappa shape index (κ2) is 6.63. The zero-order valence-electron chi connectivity index (χ0n) is 11.7. The van der Waals surface area contributed by atoms with Gasteiger partial charge in [-0.3, -0.25) is 4.98 Å². The first-order valence-electron chi connectivity index (χ1n) is 6.51. The van der Waals surface area contributed by atoms with Gasteiger partial charge in [0.05, 0.1) is 0 Å². The summed E-state index contributed by atoms with van der Waals surface area (Å²) in [4.78, 5) is 8.28. The molecular weight excluding hydrogens is 260 g/mol. The third kappa shape index (κ3) is 3.43. The van der Waals surface area contributed by atoms with E-state index in [-0.39, 0.29) is 6.15 Å². The zero-order chi connectivity index (χ0) is 13.8. The molecule has 4 heteroatoms. The third-order valence-electron chi connectivity index (χ3n) is 3.24. The normalized spacial score (nSPS) is 9.90. The molecule has 0 aliphatic carbocycles. The van der Waals surface area contributed by atoms with E-state index in [0.29, 0.717) is 5.82 Å². The highest BCUT2D eigenvalue weighted by Gasteiger charge is 2.03. The average Bonchev–Trinajstić information content (AvgIpc) is 2.51. The highest BCUT2D eigenvalue weighted by atomic mass is 14.8. The SMILES string of the molecule is N.Nc1ncccc1Cc1cccc(-c2cccnc2)c1. The summed E-state index contributed by atoms with van der Waals surface area (Å²) in [5.41, 5.74) is 10.4. The smallest absolute Gasteiger partial charge is 0.126 e. The molecule has 4 nitrogen and oxygen atoms in total. The molecule has 1 aromatic carbocycles. The van der Waals surface area contributed by atoms with E-state index in [1.54, 1.807) is 12.4 Å². The molecule has 0 saturated heterocycles. The summed E-state index contributed by atoms with van der Waals surface area (Å²) in [6.45, 7) is 0. The lowest BCUT2D eigenvalue weighted by molar-refractivity contribution is 1.15. The summed E-state index contributed by atoms with van der Waals surface area (Å²) in [5, 5.41) is 0. The Hall–Kier alpha value is -2.72. The van der Waals surface area contributed by atoms with Gasteiger partial charge >= 0.3 is 0 Å². The maximum Gasteiger partial charge on any atom is 0.126 e. The number of nitrogen functional groups attached to an aromatic ring is 1. The molecule has 5 N–H and O–H groups in total. The molecule has 2 heterocycles. The highest BCUT2D eigenvalue weighted by molar-refractivity contribution is 5.63. The average molecular weight is 278 g/mol. The first-order chi connectivity index (χ1) is 9.83. The molecule has 0 fully saturated rings. The Kier molecular flexibility index (Phi) is 4.64. The van der Waals surface area contributed by atoms with Gasteiger partial charge in [-0.1, -0.05) is 36.4 Å². The number of benzene rings is 1. The molecule has 21 heavy (non-hydrogen) atoms. The van der Waals surface area contributed by atoms with E-state index in [9.17, 15) is 0 Å². The Morgan fingerprint density at radius 1 is 0.905 bits per heavy atom. The Morgan fingerprint density at radius 2 is 1.71 bits per heavy atom. The fourth-order valence-corrected chi connectivity index (χ4v) is 2.21. The molecule has 0 amide bonds. The van der Waals surface area contributed by atoms with Crippen molar-refractivity contribution in [2.75, 3.05) is 5.73 Å². The zero-order valence-corrected chi connectivity index (χ0v) is 11.7. The monoisotopic (exact) mass is 278 g/mol. The van der Waals surface area contributed by atoms with Gasteiger partial charge < -0.3 is 11.9 Å². The number of nitrogens with zero attached hydrogens (tertiary/aromatic N) is 2. The summed E-state index contributed by atoms with van der Waals surface area (Å²) in [7, 11) is 0. The summed E-state index contributed by atoms with van der Waals surface area (Å²) in [5.74, 6) is 0.597. The van der Waals surface area contributed by atoms with Crippen LogP contribution in [-0.4, -0.2) is 9.97 Å². The van der Waals surface area contributed by atoms with Gasteiger partial charge in [-0.05, 0) is 34.4 Å². The van der Waals surface area contributed by atoms with Gasteiger partial charge in [0, 0.05) is 25.0 Å². The van der Waals surface area contributed by atoms with E-state index in [4.69, 9.17) is 5.73 Å². The first kappa shape index (κ1) is 14.7. The van der Waals surface area contributed by atoms with E-state index in [1.165, 1.54) is 5.56 Å². The molecule has 3 rings (SSSR count). The lowest BCUT2D eigenvalue weighted by Gasteiger charge is -2.07. The van der Waals surface area contributed by atoms with Crippen molar-refractivity contribution in [1.29, 1.82) is 0 Å². The lowest BCUT2D eigenvalue weighted by atomic mass is 10.0. The molecule has 0 aliphatic heterocycles. The van der Waals surface area contributed by atoms with Crippen LogP contribution in [0.4, 0.5) is 5.82 Å². The molecule has 0 atom stereocenters. The van der Waals surface area contributed by atoms with Crippen molar-refractivity contribution in [1.82, 2.24) is 16.1 Å². The molecule has 106 valence electrons. The Balaban J connectivity index is 0.00000161. The first-order valence-corrected chi connectivity index (χ1v) is 6.51. The second-order valence-corrected chi connectivity index (χ2v) is 4.67. The topological polar surface area (TPSA) is 86.8 Å². The van der Waals surface area contributed by atoms with Crippen molar-refractivity contribution in [2.24, 2.45) is 0 Å². The van der Waals surface area contributed by atoms with Crippen LogP contribution in [0.25, 0.3) is 11.1 Å². The fraction of sp³-hybridized carbons (Fsp3) is 0.0588. The number of pyridine rings is 2. The minimum absolute atomic E-state index is 0. The van der Waals surface area contributed by atoms with Crippen molar-refractivity contribution >= 4 is 5.82 Å². The van der Waals surface area contributed by atoms with Crippen LogP contribution in [0.1, 0.15) is 11.1 Å². The van der Waals surface area contributed by atoms with Crippen LogP contribution in [-0.2, 0) is 6.42 Å². The van der Waals surface area contributed by atoms with E-state index in [2.05, 4.69) is 40.3 Å². The lowest BCUT2D eigenvalue weighted by Crippen LogP contribution is -1.98. The molecule has 3 aromatic rings.